The van der Waals surface area contributed by atoms with E-state index in [1.54, 1.807) is 12.4 Å². The van der Waals surface area contributed by atoms with Crippen molar-refractivity contribution in [3.8, 4) is 22.8 Å². The maximum atomic E-state index is 12.6. The predicted molar refractivity (Wildman–Crippen MR) is 131 cm³/mol. The topological polar surface area (TPSA) is 69.9 Å². The zero-order valence-electron chi connectivity index (χ0n) is 19.1. The van der Waals surface area contributed by atoms with Gasteiger partial charge in [-0.1, -0.05) is 62.9 Å². The molecule has 2 aromatic heterocycles. The summed E-state index contributed by atoms with van der Waals surface area (Å²) in [6.45, 7) is 8.43. The molecular weight excluding hydrogens is 432 g/mol. The Kier molecular flexibility index (Phi) is 6.60. The van der Waals surface area contributed by atoms with Gasteiger partial charge in [-0.3, -0.25) is 14.3 Å². The van der Waals surface area contributed by atoms with E-state index in [0.717, 1.165) is 16.8 Å². The fourth-order valence-corrected chi connectivity index (χ4v) is 4.09. The van der Waals surface area contributed by atoms with Crippen LogP contribution in [0.2, 0.25) is 0 Å². The Bertz CT molecular complexity index is 1250. The van der Waals surface area contributed by atoms with Crippen molar-refractivity contribution >= 4 is 17.7 Å². The highest BCUT2D eigenvalue weighted by atomic mass is 32.2. The number of hydrogen-bond donors (Lipinski definition) is 0. The van der Waals surface area contributed by atoms with Crippen LogP contribution in [0, 0.1) is 6.92 Å². The molecule has 4 rings (SSSR count). The fourth-order valence-electron chi connectivity index (χ4n) is 3.36. The maximum Gasteiger partial charge on any atom is 0.321 e. The van der Waals surface area contributed by atoms with E-state index in [0.29, 0.717) is 16.7 Å². The van der Waals surface area contributed by atoms with Gasteiger partial charge in [-0.15, -0.1) is 10.2 Å². The molecule has 0 aliphatic heterocycles. The number of thioether (sulfide) groups is 1. The van der Waals surface area contributed by atoms with Crippen LogP contribution >= 0.6 is 11.8 Å². The molecule has 0 spiro atoms. The number of benzene rings is 2. The Hall–Kier alpha value is -3.45. The first kappa shape index (κ1) is 22.7. The third-order valence-electron chi connectivity index (χ3n) is 5.15. The lowest BCUT2D eigenvalue weighted by Crippen LogP contribution is -2.14. The third-order valence-corrected chi connectivity index (χ3v) is 6.05. The number of carbonyl (C=O) groups is 1. The Balaban J connectivity index is 1.53. The highest BCUT2D eigenvalue weighted by molar-refractivity contribution is 7.99. The molecule has 6 nitrogen and oxygen atoms in total. The first-order valence-corrected chi connectivity index (χ1v) is 11.7. The summed E-state index contributed by atoms with van der Waals surface area (Å²) in [6, 6.07) is 19.6. The number of aryl methyl sites for hydroxylation is 1. The summed E-state index contributed by atoms with van der Waals surface area (Å²) < 4.78 is 7.57. The van der Waals surface area contributed by atoms with Gasteiger partial charge in [-0.25, -0.2) is 0 Å². The van der Waals surface area contributed by atoms with Crippen LogP contribution in [0.4, 0.5) is 0 Å². The zero-order valence-corrected chi connectivity index (χ0v) is 20.0. The van der Waals surface area contributed by atoms with Crippen LogP contribution in [-0.4, -0.2) is 31.5 Å². The van der Waals surface area contributed by atoms with Crippen LogP contribution in [0.15, 0.2) is 78.2 Å². The van der Waals surface area contributed by atoms with Crippen molar-refractivity contribution in [1.29, 1.82) is 0 Å². The van der Waals surface area contributed by atoms with Gasteiger partial charge in [0.25, 0.3) is 0 Å². The number of hydrogen-bond acceptors (Lipinski definition) is 6. The van der Waals surface area contributed by atoms with Gasteiger partial charge >= 0.3 is 5.97 Å². The molecule has 0 saturated carbocycles. The second kappa shape index (κ2) is 9.58. The summed E-state index contributed by atoms with van der Waals surface area (Å²) in [5, 5.41) is 9.32. The van der Waals surface area contributed by atoms with Gasteiger partial charge in [0.15, 0.2) is 11.0 Å². The smallest absolute Gasteiger partial charge is 0.321 e. The van der Waals surface area contributed by atoms with Crippen molar-refractivity contribution in [1.82, 2.24) is 19.7 Å². The van der Waals surface area contributed by atoms with Crippen molar-refractivity contribution in [2.24, 2.45) is 0 Å². The standard InChI is InChI=1S/C26H26N4O2S/c1-18-15-20(26(2,3)4)12-13-22(18)32-23(31)17-33-25-29-28-24(19-9-8-14-27-16-19)30(25)21-10-6-5-7-11-21/h5-16H,17H2,1-4H3. The zero-order chi connectivity index (χ0) is 23.4. The lowest BCUT2D eigenvalue weighted by atomic mass is 9.86. The Morgan fingerprint density at radius 2 is 1.82 bits per heavy atom. The van der Waals surface area contributed by atoms with Gasteiger partial charge in [-0.2, -0.15) is 0 Å². The summed E-state index contributed by atoms with van der Waals surface area (Å²) in [5.74, 6) is 1.02. The van der Waals surface area contributed by atoms with E-state index in [1.165, 1.54) is 17.3 Å². The van der Waals surface area contributed by atoms with Gasteiger partial charge in [0.05, 0.1) is 5.75 Å². The van der Waals surface area contributed by atoms with E-state index >= 15 is 0 Å². The summed E-state index contributed by atoms with van der Waals surface area (Å²) >= 11 is 1.29. The Labute approximate surface area is 198 Å². The molecule has 2 aromatic carbocycles. The number of nitrogens with zero attached hydrogens (tertiary/aromatic N) is 4. The van der Waals surface area contributed by atoms with E-state index in [-0.39, 0.29) is 17.1 Å². The molecule has 0 unspecified atom stereocenters. The molecular formula is C26H26N4O2S. The van der Waals surface area contributed by atoms with Crippen LogP contribution in [0.25, 0.3) is 17.1 Å². The molecule has 4 aromatic rings. The average molecular weight is 459 g/mol. The highest BCUT2D eigenvalue weighted by Crippen LogP contribution is 2.29. The second-order valence-electron chi connectivity index (χ2n) is 8.71. The van der Waals surface area contributed by atoms with E-state index in [1.807, 2.05) is 66.1 Å². The molecule has 0 fully saturated rings. The van der Waals surface area contributed by atoms with Crippen LogP contribution in [0.1, 0.15) is 31.9 Å². The first-order valence-electron chi connectivity index (χ1n) is 10.7. The molecule has 0 amide bonds. The van der Waals surface area contributed by atoms with Crippen LogP contribution in [0.5, 0.6) is 5.75 Å². The fraction of sp³-hybridized carbons (Fsp3) is 0.231. The van der Waals surface area contributed by atoms with Gasteiger partial charge in [-0.05, 0) is 53.8 Å². The molecule has 0 saturated heterocycles. The minimum Gasteiger partial charge on any atom is -0.426 e. The lowest BCUT2D eigenvalue weighted by Gasteiger charge is -2.20. The van der Waals surface area contributed by atoms with Gasteiger partial charge in [0, 0.05) is 23.6 Å². The molecule has 0 radical (unpaired) electrons. The van der Waals surface area contributed by atoms with E-state index in [2.05, 4.69) is 42.0 Å². The molecule has 168 valence electrons. The number of aromatic nitrogens is 4. The van der Waals surface area contributed by atoms with Crippen molar-refractivity contribution in [2.75, 3.05) is 5.75 Å². The molecule has 2 heterocycles. The average Bonchev–Trinajstić information content (AvgIpc) is 3.23. The molecule has 7 heteroatoms. The van der Waals surface area contributed by atoms with Crippen LogP contribution < -0.4 is 4.74 Å². The normalized spacial score (nSPS) is 11.4. The van der Waals surface area contributed by atoms with Crippen LogP contribution in [-0.2, 0) is 10.2 Å². The number of pyridine rings is 1. The largest absolute Gasteiger partial charge is 0.426 e. The summed E-state index contributed by atoms with van der Waals surface area (Å²) in [7, 11) is 0. The molecule has 33 heavy (non-hydrogen) atoms. The van der Waals surface area contributed by atoms with Crippen molar-refractivity contribution in [2.45, 2.75) is 38.3 Å². The number of ether oxygens (including phenoxy) is 1. The van der Waals surface area contributed by atoms with Crippen molar-refractivity contribution in [3.05, 3.63) is 84.2 Å². The Morgan fingerprint density at radius 3 is 2.48 bits per heavy atom. The van der Waals surface area contributed by atoms with Crippen molar-refractivity contribution < 1.29 is 9.53 Å². The molecule has 0 atom stereocenters. The summed E-state index contributed by atoms with van der Waals surface area (Å²) in [6.07, 6.45) is 3.46. The lowest BCUT2D eigenvalue weighted by molar-refractivity contribution is -0.131. The minimum absolute atomic E-state index is 0.0383. The minimum atomic E-state index is -0.336. The predicted octanol–water partition coefficient (Wildman–Crippen LogP) is 5.63. The Morgan fingerprint density at radius 1 is 1.03 bits per heavy atom. The molecule has 0 bridgehead atoms. The quantitative estimate of drug-likeness (QED) is 0.212. The van der Waals surface area contributed by atoms with E-state index in [9.17, 15) is 4.79 Å². The highest BCUT2D eigenvalue weighted by Gasteiger charge is 2.19. The van der Waals surface area contributed by atoms with Gasteiger partial charge in [0.1, 0.15) is 5.75 Å². The maximum absolute atomic E-state index is 12.6. The molecule has 0 N–H and O–H groups in total. The SMILES string of the molecule is Cc1cc(C(C)(C)C)ccc1OC(=O)CSc1nnc(-c2cccnc2)n1-c1ccccc1. The van der Waals surface area contributed by atoms with Gasteiger partial charge in [0.2, 0.25) is 0 Å². The second-order valence-corrected chi connectivity index (χ2v) is 9.65. The molecule has 0 aliphatic carbocycles. The number of rotatable bonds is 6. The number of esters is 1. The van der Waals surface area contributed by atoms with E-state index < -0.39 is 0 Å². The molecule has 0 aliphatic rings. The summed E-state index contributed by atoms with van der Waals surface area (Å²) in [5.41, 5.74) is 3.93. The van der Waals surface area contributed by atoms with Gasteiger partial charge < -0.3 is 4.74 Å². The summed E-state index contributed by atoms with van der Waals surface area (Å²) in [4.78, 5) is 16.8. The third kappa shape index (κ3) is 5.31. The van der Waals surface area contributed by atoms with E-state index in [4.69, 9.17) is 4.74 Å². The van der Waals surface area contributed by atoms with Crippen molar-refractivity contribution in [3.63, 3.8) is 0 Å². The monoisotopic (exact) mass is 458 g/mol. The van der Waals surface area contributed by atoms with Crippen LogP contribution in [0.3, 0.4) is 0 Å². The first-order chi connectivity index (χ1) is 15.8. The number of carbonyl (C=O) groups excluding carboxylic acids is 1. The number of para-hydroxylation sites is 1.